The molecule has 0 bridgehead atoms. The van der Waals surface area contributed by atoms with Gasteiger partial charge < -0.3 is 8.92 Å². The molecule has 0 fully saturated rings. The highest BCUT2D eigenvalue weighted by Crippen LogP contribution is 2.30. The SMILES string of the molecule is COc1ccc(/C(OS(=O)(=O)c2ccc(C)cc2)=C(/F)C(F)F)cc1. The number of hydrogen-bond acceptors (Lipinski definition) is 4. The van der Waals surface area contributed by atoms with Crippen LogP contribution < -0.4 is 4.74 Å². The highest BCUT2D eigenvalue weighted by atomic mass is 32.2. The third-order valence-electron chi connectivity index (χ3n) is 3.26. The molecular weight excluding hydrogens is 357 g/mol. The zero-order valence-corrected chi connectivity index (χ0v) is 14.2. The Kier molecular flexibility index (Phi) is 5.73. The highest BCUT2D eigenvalue weighted by molar-refractivity contribution is 7.87. The van der Waals surface area contributed by atoms with E-state index >= 15 is 0 Å². The van der Waals surface area contributed by atoms with Gasteiger partial charge in [0.1, 0.15) is 10.6 Å². The van der Waals surface area contributed by atoms with Crippen LogP contribution in [0.5, 0.6) is 5.75 Å². The smallest absolute Gasteiger partial charge is 0.339 e. The van der Waals surface area contributed by atoms with Crippen molar-refractivity contribution in [3.63, 3.8) is 0 Å². The largest absolute Gasteiger partial charge is 0.497 e. The molecule has 0 radical (unpaired) electrons. The maximum atomic E-state index is 13.9. The van der Waals surface area contributed by atoms with Crippen molar-refractivity contribution in [3.8, 4) is 5.75 Å². The molecule has 2 aromatic rings. The molecule has 0 atom stereocenters. The molecule has 0 aliphatic rings. The Morgan fingerprint density at radius 2 is 1.56 bits per heavy atom. The summed E-state index contributed by atoms with van der Waals surface area (Å²) >= 11 is 0. The van der Waals surface area contributed by atoms with E-state index in [1.807, 2.05) is 0 Å². The first kappa shape index (κ1) is 18.9. The Labute approximate surface area is 143 Å². The van der Waals surface area contributed by atoms with Crippen molar-refractivity contribution >= 4 is 15.9 Å². The van der Waals surface area contributed by atoms with E-state index in [-0.39, 0.29) is 10.5 Å². The van der Waals surface area contributed by atoms with Gasteiger partial charge in [-0.05, 0) is 43.3 Å². The van der Waals surface area contributed by atoms with Crippen LogP contribution in [0.1, 0.15) is 11.1 Å². The van der Waals surface area contributed by atoms with Crippen LogP contribution in [0.4, 0.5) is 13.2 Å². The van der Waals surface area contributed by atoms with E-state index in [1.165, 1.54) is 55.6 Å². The summed E-state index contributed by atoms with van der Waals surface area (Å²) in [6, 6.07) is 10.7. The van der Waals surface area contributed by atoms with Crippen molar-refractivity contribution in [2.75, 3.05) is 7.11 Å². The van der Waals surface area contributed by atoms with E-state index in [0.717, 1.165) is 5.56 Å². The van der Waals surface area contributed by atoms with Gasteiger partial charge in [-0.3, -0.25) is 0 Å². The first-order valence-corrected chi connectivity index (χ1v) is 8.49. The Hall–Kier alpha value is -2.48. The average Bonchev–Trinajstić information content (AvgIpc) is 2.59. The Bertz CT molecular complexity index is 858. The number of alkyl halides is 2. The van der Waals surface area contributed by atoms with E-state index in [9.17, 15) is 21.6 Å². The molecule has 134 valence electrons. The minimum absolute atomic E-state index is 0.158. The predicted molar refractivity (Wildman–Crippen MR) is 86.5 cm³/mol. The molecule has 0 N–H and O–H groups in total. The van der Waals surface area contributed by atoms with Crippen LogP contribution in [0, 0.1) is 6.92 Å². The molecule has 8 heteroatoms. The highest BCUT2D eigenvalue weighted by Gasteiger charge is 2.26. The number of methoxy groups -OCH3 is 1. The standard InChI is InChI=1S/C17H15F3O4S/c1-11-3-9-14(10-4-11)25(21,22)24-16(15(18)17(19)20)12-5-7-13(23-2)8-6-12/h3-10,17H,1-2H3/b16-15-. The van der Waals surface area contributed by atoms with Crippen LogP contribution in [0.15, 0.2) is 59.3 Å². The monoisotopic (exact) mass is 372 g/mol. The lowest BCUT2D eigenvalue weighted by Gasteiger charge is -2.13. The summed E-state index contributed by atoms with van der Waals surface area (Å²) in [7, 11) is -3.09. The molecule has 0 spiro atoms. The summed E-state index contributed by atoms with van der Waals surface area (Å²) in [4.78, 5) is -0.272. The van der Waals surface area contributed by atoms with Gasteiger partial charge >= 0.3 is 10.1 Å². The van der Waals surface area contributed by atoms with Gasteiger partial charge in [-0.15, -0.1) is 0 Å². The maximum absolute atomic E-state index is 13.9. The zero-order chi connectivity index (χ0) is 18.6. The number of aryl methyl sites for hydroxylation is 1. The number of ether oxygens (including phenoxy) is 1. The lowest BCUT2D eigenvalue weighted by molar-refractivity contribution is 0.157. The summed E-state index contributed by atoms with van der Waals surface area (Å²) in [5.41, 5.74) is 0.637. The van der Waals surface area contributed by atoms with Crippen molar-refractivity contribution in [2.24, 2.45) is 0 Å². The van der Waals surface area contributed by atoms with Crippen LogP contribution >= 0.6 is 0 Å². The average molecular weight is 372 g/mol. The second-order valence-corrected chi connectivity index (χ2v) is 6.60. The molecule has 0 aliphatic heterocycles. The first-order chi connectivity index (χ1) is 11.7. The first-order valence-electron chi connectivity index (χ1n) is 7.08. The van der Waals surface area contributed by atoms with Gasteiger partial charge in [-0.1, -0.05) is 17.7 Å². The Morgan fingerprint density at radius 1 is 1.00 bits per heavy atom. The molecule has 0 heterocycles. The van der Waals surface area contributed by atoms with Gasteiger partial charge in [-0.25, -0.2) is 13.2 Å². The third kappa shape index (κ3) is 4.54. The number of benzene rings is 2. The van der Waals surface area contributed by atoms with Gasteiger partial charge in [0.2, 0.25) is 5.83 Å². The number of hydrogen-bond donors (Lipinski definition) is 0. The summed E-state index contributed by atoms with van der Waals surface area (Å²) < 4.78 is 73.7. The van der Waals surface area contributed by atoms with Crippen molar-refractivity contribution in [1.29, 1.82) is 0 Å². The van der Waals surface area contributed by atoms with Crippen LogP contribution in [0.3, 0.4) is 0 Å². The molecule has 2 rings (SSSR count). The molecule has 0 amide bonds. The normalized spacial score (nSPS) is 12.7. The second kappa shape index (κ2) is 7.60. The summed E-state index contributed by atoms with van der Waals surface area (Å²) in [5.74, 6) is -2.64. The fraction of sp³-hybridized carbons (Fsp3) is 0.176. The quantitative estimate of drug-likeness (QED) is 0.560. The van der Waals surface area contributed by atoms with Crippen LogP contribution in [0.25, 0.3) is 5.76 Å². The van der Waals surface area contributed by atoms with Crippen molar-refractivity contribution in [2.45, 2.75) is 18.2 Å². The molecular formula is C17H15F3O4S. The molecule has 2 aromatic carbocycles. The molecule has 0 saturated carbocycles. The lowest BCUT2D eigenvalue weighted by Crippen LogP contribution is -2.09. The Morgan fingerprint density at radius 3 is 2.04 bits per heavy atom. The van der Waals surface area contributed by atoms with Gasteiger partial charge in [0, 0.05) is 5.56 Å². The van der Waals surface area contributed by atoms with E-state index in [4.69, 9.17) is 8.92 Å². The minimum atomic E-state index is -4.48. The molecule has 0 unspecified atom stereocenters. The zero-order valence-electron chi connectivity index (χ0n) is 13.4. The van der Waals surface area contributed by atoms with E-state index in [2.05, 4.69) is 0 Å². The van der Waals surface area contributed by atoms with Gasteiger partial charge in [0.15, 0.2) is 5.76 Å². The number of allylic oxidation sites excluding steroid dienone is 1. The van der Waals surface area contributed by atoms with E-state index in [1.54, 1.807) is 6.92 Å². The number of halogens is 3. The predicted octanol–water partition coefficient (Wildman–Crippen LogP) is 4.31. The van der Waals surface area contributed by atoms with Crippen LogP contribution in [0.2, 0.25) is 0 Å². The topological polar surface area (TPSA) is 52.6 Å². The van der Waals surface area contributed by atoms with Crippen LogP contribution in [-0.4, -0.2) is 22.0 Å². The Balaban J connectivity index is 2.46. The minimum Gasteiger partial charge on any atom is -0.497 e. The van der Waals surface area contributed by atoms with E-state index in [0.29, 0.717) is 5.75 Å². The van der Waals surface area contributed by atoms with Crippen molar-refractivity contribution < 1.29 is 30.5 Å². The fourth-order valence-corrected chi connectivity index (χ4v) is 2.89. The lowest BCUT2D eigenvalue weighted by atomic mass is 10.1. The summed E-state index contributed by atoms with van der Waals surface area (Å²) in [5, 5.41) is 0. The van der Waals surface area contributed by atoms with Crippen LogP contribution in [-0.2, 0) is 14.3 Å². The van der Waals surface area contributed by atoms with Crippen molar-refractivity contribution in [3.05, 3.63) is 65.5 Å². The van der Waals surface area contributed by atoms with Gasteiger partial charge in [-0.2, -0.15) is 8.42 Å². The molecule has 0 saturated heterocycles. The fourth-order valence-electron chi connectivity index (χ4n) is 1.93. The molecule has 0 aromatic heterocycles. The van der Waals surface area contributed by atoms with E-state index < -0.39 is 28.1 Å². The molecule has 25 heavy (non-hydrogen) atoms. The number of rotatable bonds is 6. The molecule has 0 aliphatic carbocycles. The summed E-state index contributed by atoms with van der Waals surface area (Å²) in [6.45, 7) is 1.75. The summed E-state index contributed by atoms with van der Waals surface area (Å²) in [6.07, 6.45) is -3.52. The molecule has 4 nitrogen and oxygen atoms in total. The van der Waals surface area contributed by atoms with Gasteiger partial charge in [0.25, 0.3) is 6.43 Å². The maximum Gasteiger partial charge on any atom is 0.339 e. The third-order valence-corrected chi connectivity index (χ3v) is 4.50. The van der Waals surface area contributed by atoms with Crippen molar-refractivity contribution in [1.82, 2.24) is 0 Å². The van der Waals surface area contributed by atoms with Gasteiger partial charge in [0.05, 0.1) is 7.11 Å². The second-order valence-electron chi connectivity index (χ2n) is 5.06.